The zero-order valence-corrected chi connectivity index (χ0v) is 17.8. The molecule has 0 unspecified atom stereocenters. The Bertz CT molecular complexity index is 983. The molecule has 5 nitrogen and oxygen atoms in total. The summed E-state index contributed by atoms with van der Waals surface area (Å²) in [6, 6.07) is 3.98. The van der Waals surface area contributed by atoms with Crippen molar-refractivity contribution in [2.75, 3.05) is 0 Å². The lowest BCUT2D eigenvalue weighted by Crippen LogP contribution is -2.41. The molecule has 0 bridgehead atoms. The summed E-state index contributed by atoms with van der Waals surface area (Å²) in [6.07, 6.45) is -1.00. The number of ether oxygens (including phenoxy) is 1. The van der Waals surface area contributed by atoms with Gasteiger partial charge in [-0.2, -0.15) is 0 Å². The van der Waals surface area contributed by atoms with Crippen LogP contribution in [0.5, 0.6) is 5.75 Å². The first-order valence-corrected chi connectivity index (χ1v) is 9.44. The lowest BCUT2D eigenvalue weighted by atomic mass is 9.72. The fourth-order valence-corrected chi connectivity index (χ4v) is 3.58. The zero-order chi connectivity index (χ0) is 21.9. The van der Waals surface area contributed by atoms with Gasteiger partial charge < -0.3 is 19.8 Å². The molecule has 0 atom stereocenters. The molecule has 0 aromatic heterocycles. The van der Waals surface area contributed by atoms with E-state index in [0.29, 0.717) is 10.9 Å². The largest absolute Gasteiger partial charge is 0.495 e. The lowest BCUT2D eigenvalue weighted by Gasteiger charge is -2.32. The van der Waals surface area contributed by atoms with Crippen molar-refractivity contribution < 1.29 is 27.6 Å². The van der Waals surface area contributed by atoms with Gasteiger partial charge in [0.2, 0.25) is 0 Å². The Morgan fingerprint density at radius 1 is 1.10 bits per heavy atom. The summed E-state index contributed by atoms with van der Waals surface area (Å²) in [6.45, 7) is 13.1. The van der Waals surface area contributed by atoms with Crippen LogP contribution in [0.3, 0.4) is 0 Å². The van der Waals surface area contributed by atoms with Gasteiger partial charge >= 0.3 is 13.2 Å². The number of fused-ring (bicyclic) bond motifs is 1. The van der Waals surface area contributed by atoms with Gasteiger partial charge in [-0.25, -0.2) is 13.6 Å². The van der Waals surface area contributed by atoms with E-state index in [1.807, 2.05) is 48.5 Å². The topological polar surface area (TPSA) is 70.8 Å². The van der Waals surface area contributed by atoms with Gasteiger partial charge in [-0.1, -0.05) is 26.8 Å². The molecule has 0 spiro atoms. The average molecular weight is 405 g/mol. The predicted octanol–water partition coefficient (Wildman–Crippen LogP) is 4.17. The van der Waals surface area contributed by atoms with Crippen LogP contribution in [-0.4, -0.2) is 24.4 Å². The van der Waals surface area contributed by atoms with Crippen molar-refractivity contribution in [2.24, 2.45) is 5.73 Å². The molecule has 0 saturated carbocycles. The number of hydrogen-bond donors (Lipinski definition) is 1. The van der Waals surface area contributed by atoms with E-state index in [-0.39, 0.29) is 16.6 Å². The summed E-state index contributed by atoms with van der Waals surface area (Å²) in [7, 11) is -0.983. The molecule has 8 heteroatoms. The molecule has 29 heavy (non-hydrogen) atoms. The highest BCUT2D eigenvalue weighted by Gasteiger charge is 2.52. The molecule has 1 heterocycles. The molecular formula is C21H26BF2NO4. The van der Waals surface area contributed by atoms with E-state index in [4.69, 9.17) is 19.8 Å². The van der Waals surface area contributed by atoms with Crippen molar-refractivity contribution in [1.82, 2.24) is 0 Å². The van der Waals surface area contributed by atoms with Crippen molar-refractivity contribution in [3.05, 3.63) is 35.4 Å². The molecule has 1 aliphatic rings. The molecule has 0 aliphatic carbocycles. The SMILES string of the molecule is CC(C)(C)c1c(OC(N)=O)cc(B2OC(C)(C)C(C)(C)O2)c2c(F)c(F)ccc12. The number of hydrogen-bond acceptors (Lipinski definition) is 4. The molecule has 2 aromatic rings. The lowest BCUT2D eigenvalue weighted by molar-refractivity contribution is 0.00578. The molecule has 2 aromatic carbocycles. The maximum Gasteiger partial charge on any atom is 0.495 e. The number of nitrogens with two attached hydrogens (primary N) is 1. The van der Waals surface area contributed by atoms with Crippen molar-refractivity contribution in [3.8, 4) is 5.75 Å². The third-order valence-corrected chi connectivity index (χ3v) is 5.65. The summed E-state index contributed by atoms with van der Waals surface area (Å²) >= 11 is 0. The molecule has 3 rings (SSSR count). The van der Waals surface area contributed by atoms with E-state index < -0.39 is 41.5 Å². The van der Waals surface area contributed by atoms with E-state index in [1.54, 1.807) is 0 Å². The first kappa shape index (κ1) is 21.5. The molecule has 1 fully saturated rings. The molecular weight excluding hydrogens is 379 g/mol. The highest BCUT2D eigenvalue weighted by Crippen LogP contribution is 2.41. The maximum atomic E-state index is 15.0. The zero-order valence-electron chi connectivity index (χ0n) is 17.8. The molecule has 1 aliphatic heterocycles. The van der Waals surface area contributed by atoms with Crippen LogP contribution in [0.25, 0.3) is 10.8 Å². The monoisotopic (exact) mass is 405 g/mol. The molecule has 2 N–H and O–H groups in total. The van der Waals surface area contributed by atoms with Gasteiger partial charge in [0, 0.05) is 10.9 Å². The normalized spacial score (nSPS) is 18.3. The summed E-state index contributed by atoms with van der Waals surface area (Å²) in [5.74, 6) is -1.84. The highest BCUT2D eigenvalue weighted by molar-refractivity contribution is 6.65. The highest BCUT2D eigenvalue weighted by atomic mass is 19.2. The Balaban J connectivity index is 2.39. The number of primary amides is 1. The number of rotatable bonds is 2. The van der Waals surface area contributed by atoms with E-state index in [2.05, 4.69) is 0 Å². The van der Waals surface area contributed by atoms with E-state index >= 15 is 4.39 Å². The summed E-state index contributed by atoms with van der Waals surface area (Å²) < 4.78 is 46.6. The second-order valence-electron chi connectivity index (χ2n) is 9.38. The Morgan fingerprint density at radius 2 is 1.66 bits per heavy atom. The van der Waals surface area contributed by atoms with Crippen molar-refractivity contribution in [3.63, 3.8) is 0 Å². The number of carbonyl (C=O) groups is 1. The van der Waals surface area contributed by atoms with Crippen LogP contribution in [0.1, 0.15) is 54.0 Å². The second-order valence-corrected chi connectivity index (χ2v) is 9.38. The van der Waals surface area contributed by atoms with Crippen LogP contribution >= 0.6 is 0 Å². The van der Waals surface area contributed by atoms with Gasteiger partial charge in [0.25, 0.3) is 0 Å². The average Bonchev–Trinajstić information content (AvgIpc) is 2.76. The van der Waals surface area contributed by atoms with Crippen LogP contribution in [0.4, 0.5) is 13.6 Å². The fourth-order valence-electron chi connectivity index (χ4n) is 3.58. The third kappa shape index (κ3) is 3.60. The van der Waals surface area contributed by atoms with Crippen LogP contribution in [0, 0.1) is 11.6 Å². The van der Waals surface area contributed by atoms with Crippen LogP contribution < -0.4 is 15.9 Å². The Labute approximate surface area is 169 Å². The van der Waals surface area contributed by atoms with Crippen molar-refractivity contribution >= 4 is 29.4 Å². The van der Waals surface area contributed by atoms with Crippen molar-refractivity contribution in [1.29, 1.82) is 0 Å². The van der Waals surface area contributed by atoms with Crippen LogP contribution in [-0.2, 0) is 14.7 Å². The van der Waals surface area contributed by atoms with E-state index in [0.717, 1.165) is 6.07 Å². The summed E-state index contributed by atoms with van der Waals surface area (Å²) in [5, 5.41) is 0.435. The summed E-state index contributed by atoms with van der Waals surface area (Å²) in [5.41, 5.74) is 4.10. The predicted molar refractivity (Wildman–Crippen MR) is 108 cm³/mol. The van der Waals surface area contributed by atoms with Gasteiger partial charge in [-0.05, 0) is 56.1 Å². The third-order valence-electron chi connectivity index (χ3n) is 5.65. The quantitative estimate of drug-likeness (QED) is 0.762. The van der Waals surface area contributed by atoms with Crippen LogP contribution in [0.15, 0.2) is 18.2 Å². The second kappa shape index (κ2) is 6.67. The minimum Gasteiger partial charge on any atom is -0.410 e. The molecule has 1 saturated heterocycles. The first-order chi connectivity index (χ1) is 13.2. The van der Waals surface area contributed by atoms with Gasteiger partial charge in [0.05, 0.1) is 11.2 Å². The van der Waals surface area contributed by atoms with Crippen LogP contribution in [0.2, 0.25) is 0 Å². The van der Waals surface area contributed by atoms with Gasteiger partial charge in [-0.15, -0.1) is 0 Å². The Hall–Kier alpha value is -2.19. The first-order valence-electron chi connectivity index (χ1n) is 9.44. The van der Waals surface area contributed by atoms with E-state index in [9.17, 15) is 9.18 Å². The number of benzene rings is 2. The molecule has 156 valence electrons. The number of amides is 1. The number of carbonyl (C=O) groups excluding carboxylic acids is 1. The number of halogens is 2. The molecule has 0 radical (unpaired) electrons. The van der Waals surface area contributed by atoms with Gasteiger partial charge in [-0.3, -0.25) is 0 Å². The fraction of sp³-hybridized carbons (Fsp3) is 0.476. The smallest absolute Gasteiger partial charge is 0.410 e. The minimum atomic E-state index is -1.01. The Morgan fingerprint density at radius 3 is 2.14 bits per heavy atom. The van der Waals surface area contributed by atoms with Gasteiger partial charge in [0.15, 0.2) is 11.6 Å². The maximum absolute atomic E-state index is 15.0. The van der Waals surface area contributed by atoms with E-state index in [1.165, 1.54) is 12.1 Å². The Kier molecular flexibility index (Phi) is 4.95. The van der Waals surface area contributed by atoms with Gasteiger partial charge in [0.1, 0.15) is 5.75 Å². The summed E-state index contributed by atoms with van der Waals surface area (Å²) in [4.78, 5) is 11.5. The van der Waals surface area contributed by atoms with Crippen molar-refractivity contribution in [2.45, 2.75) is 65.1 Å². The minimum absolute atomic E-state index is 0.0326. The standard InChI is InChI=1S/C21H26BF2NO4/c1-19(2,3)16-11-8-9-13(23)17(24)15(11)12(10-14(16)27-18(25)26)22-28-20(4,5)21(6,7)29-22/h8-10H,1-7H3,(H2,25,26). The molecule has 1 amide bonds.